The summed E-state index contributed by atoms with van der Waals surface area (Å²) in [6.45, 7) is 1.03. The van der Waals surface area contributed by atoms with Crippen molar-refractivity contribution in [2.75, 3.05) is 18.0 Å². The van der Waals surface area contributed by atoms with Gasteiger partial charge in [-0.25, -0.2) is 13.8 Å². The minimum Gasteiger partial charge on any atom is -0.507 e. The third-order valence-corrected chi connectivity index (χ3v) is 4.74. The van der Waals surface area contributed by atoms with Crippen LogP contribution in [0.2, 0.25) is 0 Å². The van der Waals surface area contributed by atoms with Crippen LogP contribution in [0.25, 0.3) is 22.4 Å². The number of anilines is 1. The summed E-state index contributed by atoms with van der Waals surface area (Å²) in [5, 5.41) is 20.0. The molecule has 0 spiro atoms. The van der Waals surface area contributed by atoms with E-state index in [1.807, 2.05) is 4.90 Å². The maximum Gasteiger partial charge on any atom is 0.166 e. The van der Waals surface area contributed by atoms with Crippen LogP contribution in [-0.4, -0.2) is 34.4 Å². The first-order chi connectivity index (χ1) is 13.0. The van der Waals surface area contributed by atoms with Gasteiger partial charge in [0.25, 0.3) is 0 Å². The van der Waals surface area contributed by atoms with E-state index in [-0.39, 0.29) is 11.3 Å². The number of aliphatic hydroxyl groups is 1. The predicted octanol–water partition coefficient (Wildman–Crippen LogP) is 3.97. The number of aliphatic hydroxyl groups excluding tert-OH is 1. The highest BCUT2D eigenvalue weighted by Gasteiger charge is 2.23. The summed E-state index contributed by atoms with van der Waals surface area (Å²) in [7, 11) is 0. The first-order valence-corrected chi connectivity index (χ1v) is 8.71. The van der Waals surface area contributed by atoms with E-state index in [4.69, 9.17) is 0 Å². The standard InChI is InChI=1S/C21H18F2N2O2/c22-17-6-3-5-15(21(17)23)13-10-18(16-4-1-2-7-19(16)27)24-20(11-13)25-9-8-14(26)12-25/h1-7,10-11,14,26-27H,8-9,12H2. The van der Waals surface area contributed by atoms with Crippen molar-refractivity contribution in [3.63, 3.8) is 0 Å². The van der Waals surface area contributed by atoms with Gasteiger partial charge in [-0.3, -0.25) is 0 Å². The molecule has 1 aliphatic heterocycles. The van der Waals surface area contributed by atoms with Crippen molar-refractivity contribution in [2.24, 2.45) is 0 Å². The van der Waals surface area contributed by atoms with Crippen LogP contribution in [0, 0.1) is 11.6 Å². The molecule has 1 unspecified atom stereocenters. The van der Waals surface area contributed by atoms with Gasteiger partial charge in [-0.2, -0.15) is 0 Å². The lowest BCUT2D eigenvalue weighted by atomic mass is 10.0. The van der Waals surface area contributed by atoms with Crippen molar-refractivity contribution < 1.29 is 19.0 Å². The molecule has 0 saturated carbocycles. The number of phenols is 1. The third-order valence-electron chi connectivity index (χ3n) is 4.74. The Morgan fingerprint density at radius 1 is 1.00 bits per heavy atom. The molecule has 4 nitrogen and oxygen atoms in total. The largest absolute Gasteiger partial charge is 0.507 e. The second-order valence-corrected chi connectivity index (χ2v) is 6.61. The lowest BCUT2D eigenvalue weighted by Gasteiger charge is -2.19. The molecule has 1 aliphatic rings. The highest BCUT2D eigenvalue weighted by Crippen LogP contribution is 2.35. The number of pyridine rings is 1. The summed E-state index contributed by atoms with van der Waals surface area (Å²) >= 11 is 0. The summed E-state index contributed by atoms with van der Waals surface area (Å²) in [5.41, 5.74) is 1.52. The van der Waals surface area contributed by atoms with Crippen molar-refractivity contribution in [2.45, 2.75) is 12.5 Å². The van der Waals surface area contributed by atoms with Gasteiger partial charge >= 0.3 is 0 Å². The maximum atomic E-state index is 14.4. The minimum atomic E-state index is -0.931. The van der Waals surface area contributed by atoms with E-state index in [2.05, 4.69) is 4.98 Å². The molecule has 27 heavy (non-hydrogen) atoms. The lowest BCUT2D eigenvalue weighted by Crippen LogP contribution is -2.22. The Morgan fingerprint density at radius 2 is 1.78 bits per heavy atom. The second kappa shape index (κ2) is 6.96. The van der Waals surface area contributed by atoms with E-state index in [1.165, 1.54) is 12.1 Å². The third kappa shape index (κ3) is 3.36. The van der Waals surface area contributed by atoms with Crippen molar-refractivity contribution in [3.05, 3.63) is 66.2 Å². The Kier molecular flexibility index (Phi) is 4.49. The molecular weight excluding hydrogens is 350 g/mol. The number of phenolic OH excluding ortho intramolecular Hbond substituents is 1. The van der Waals surface area contributed by atoms with Gasteiger partial charge in [-0.15, -0.1) is 0 Å². The van der Waals surface area contributed by atoms with Gasteiger partial charge < -0.3 is 15.1 Å². The van der Waals surface area contributed by atoms with Gasteiger partial charge in [0.1, 0.15) is 11.6 Å². The Balaban J connectivity index is 1.89. The first-order valence-electron chi connectivity index (χ1n) is 8.71. The van der Waals surface area contributed by atoms with Crippen LogP contribution in [0.5, 0.6) is 5.75 Å². The molecule has 2 aromatic carbocycles. The molecule has 2 heterocycles. The van der Waals surface area contributed by atoms with Crippen LogP contribution < -0.4 is 4.90 Å². The van der Waals surface area contributed by atoms with Crippen LogP contribution in [0.1, 0.15) is 6.42 Å². The molecule has 4 rings (SSSR count). The van der Waals surface area contributed by atoms with Crippen molar-refractivity contribution in [3.8, 4) is 28.1 Å². The van der Waals surface area contributed by atoms with Gasteiger partial charge in [0.2, 0.25) is 0 Å². The number of para-hydroxylation sites is 1. The van der Waals surface area contributed by atoms with E-state index in [9.17, 15) is 19.0 Å². The van der Waals surface area contributed by atoms with Gasteiger partial charge in [-0.05, 0) is 42.3 Å². The monoisotopic (exact) mass is 368 g/mol. The molecule has 1 atom stereocenters. The number of aromatic hydroxyl groups is 1. The number of β-amino-alcohol motifs (C(OH)–C–C–N with tert-alkyl or cyclic N) is 1. The smallest absolute Gasteiger partial charge is 0.166 e. The Morgan fingerprint density at radius 3 is 2.52 bits per heavy atom. The molecule has 0 radical (unpaired) electrons. The quantitative estimate of drug-likeness (QED) is 0.735. The van der Waals surface area contributed by atoms with E-state index in [0.29, 0.717) is 42.1 Å². The van der Waals surface area contributed by atoms with E-state index in [1.54, 1.807) is 36.4 Å². The molecule has 3 aromatic rings. The summed E-state index contributed by atoms with van der Waals surface area (Å²) in [4.78, 5) is 6.49. The van der Waals surface area contributed by atoms with Gasteiger partial charge in [0.15, 0.2) is 11.6 Å². The Bertz CT molecular complexity index is 994. The summed E-state index contributed by atoms with van der Waals surface area (Å²) < 4.78 is 28.1. The number of rotatable bonds is 3. The predicted molar refractivity (Wildman–Crippen MR) is 99.5 cm³/mol. The number of hydrogen-bond donors (Lipinski definition) is 2. The summed E-state index contributed by atoms with van der Waals surface area (Å²) in [5.74, 6) is -1.26. The SMILES string of the molecule is Oc1ccccc1-c1cc(-c2cccc(F)c2F)cc(N2CCC(O)C2)n1. The number of aromatic nitrogens is 1. The van der Waals surface area contributed by atoms with E-state index < -0.39 is 17.7 Å². The van der Waals surface area contributed by atoms with Gasteiger partial charge in [0.05, 0.1) is 11.8 Å². The Hall–Kier alpha value is -2.99. The van der Waals surface area contributed by atoms with Crippen LogP contribution in [0.4, 0.5) is 14.6 Å². The maximum absolute atomic E-state index is 14.4. The molecule has 0 bridgehead atoms. The van der Waals surface area contributed by atoms with Crippen LogP contribution in [-0.2, 0) is 0 Å². The highest BCUT2D eigenvalue weighted by molar-refractivity contribution is 5.76. The van der Waals surface area contributed by atoms with Crippen molar-refractivity contribution in [1.82, 2.24) is 4.98 Å². The van der Waals surface area contributed by atoms with Gasteiger partial charge in [-0.1, -0.05) is 24.3 Å². The van der Waals surface area contributed by atoms with Crippen LogP contribution in [0.15, 0.2) is 54.6 Å². The fourth-order valence-corrected chi connectivity index (χ4v) is 3.34. The van der Waals surface area contributed by atoms with Gasteiger partial charge in [0, 0.05) is 24.2 Å². The molecule has 1 aromatic heterocycles. The number of benzene rings is 2. The van der Waals surface area contributed by atoms with E-state index >= 15 is 0 Å². The molecule has 0 amide bonds. The average molecular weight is 368 g/mol. The molecule has 0 aliphatic carbocycles. The minimum absolute atomic E-state index is 0.0503. The highest BCUT2D eigenvalue weighted by atomic mass is 19.2. The molecule has 6 heteroatoms. The van der Waals surface area contributed by atoms with E-state index in [0.717, 1.165) is 6.07 Å². The zero-order valence-electron chi connectivity index (χ0n) is 14.4. The molecule has 1 saturated heterocycles. The fourth-order valence-electron chi connectivity index (χ4n) is 3.34. The average Bonchev–Trinajstić information content (AvgIpc) is 3.10. The number of hydrogen-bond acceptors (Lipinski definition) is 4. The second-order valence-electron chi connectivity index (χ2n) is 6.61. The normalized spacial score (nSPS) is 16.7. The number of nitrogens with zero attached hydrogens (tertiary/aromatic N) is 2. The molecule has 2 N–H and O–H groups in total. The lowest BCUT2D eigenvalue weighted by molar-refractivity contribution is 0.198. The van der Waals surface area contributed by atoms with Crippen molar-refractivity contribution in [1.29, 1.82) is 0 Å². The fraction of sp³-hybridized carbons (Fsp3) is 0.190. The summed E-state index contributed by atoms with van der Waals surface area (Å²) in [6, 6.07) is 14.1. The first kappa shape index (κ1) is 17.4. The number of halogens is 2. The van der Waals surface area contributed by atoms with Crippen LogP contribution in [0.3, 0.4) is 0 Å². The molecule has 138 valence electrons. The van der Waals surface area contributed by atoms with Crippen LogP contribution >= 0.6 is 0 Å². The topological polar surface area (TPSA) is 56.6 Å². The summed E-state index contributed by atoms with van der Waals surface area (Å²) in [6.07, 6.45) is 0.168. The zero-order chi connectivity index (χ0) is 19.0. The Labute approximate surface area is 155 Å². The molecule has 1 fully saturated rings. The molecular formula is C21H18F2N2O2. The van der Waals surface area contributed by atoms with Crippen molar-refractivity contribution >= 4 is 5.82 Å². The zero-order valence-corrected chi connectivity index (χ0v) is 14.4.